The molecule has 0 aliphatic heterocycles. The topological polar surface area (TPSA) is 84.5 Å². The molecule has 0 saturated carbocycles. The second-order valence-electron chi connectivity index (χ2n) is 6.24. The van der Waals surface area contributed by atoms with E-state index < -0.39 is 33.0 Å². The Morgan fingerprint density at radius 2 is 1.96 bits per heavy atom. The van der Waals surface area contributed by atoms with Gasteiger partial charge in [0.25, 0.3) is 0 Å². The van der Waals surface area contributed by atoms with Crippen LogP contribution in [-0.4, -0.2) is 32.5 Å². The van der Waals surface area contributed by atoms with Gasteiger partial charge in [-0.15, -0.1) is 0 Å². The number of ether oxygens (including phenoxy) is 1. The van der Waals surface area contributed by atoms with E-state index in [1.807, 2.05) is 0 Å². The minimum Gasteiger partial charge on any atom is -0.492 e. The molecule has 2 N–H and O–H groups in total. The molecule has 0 unspecified atom stereocenters. The highest BCUT2D eigenvalue weighted by molar-refractivity contribution is 7.90. The Morgan fingerprint density at radius 1 is 1.37 bits per heavy atom. The summed E-state index contributed by atoms with van der Waals surface area (Å²) in [5.74, 6) is -0.175. The summed E-state index contributed by atoms with van der Waals surface area (Å²) in [5, 5.41) is 3.02. The summed E-state index contributed by atoms with van der Waals surface area (Å²) in [7, 11) is -5.46. The normalized spacial score (nSPS) is 13.7. The number of sulfonamides is 1. The SMILES string of the molecule is C=CC(=O)NC(C)(C)c1cc(OC[C@H](C)NS(=O)(=O)C(F)(F)F)ccc1Cl. The van der Waals surface area contributed by atoms with Crippen molar-refractivity contribution in [3.63, 3.8) is 0 Å². The lowest BCUT2D eigenvalue weighted by Crippen LogP contribution is -2.43. The summed E-state index contributed by atoms with van der Waals surface area (Å²) in [5.41, 5.74) is -5.78. The Morgan fingerprint density at radius 3 is 2.48 bits per heavy atom. The third-order valence-electron chi connectivity index (χ3n) is 3.39. The van der Waals surface area contributed by atoms with Gasteiger partial charge in [0.2, 0.25) is 5.91 Å². The second kappa shape index (κ2) is 8.49. The monoisotopic (exact) mass is 428 g/mol. The van der Waals surface area contributed by atoms with Crippen LogP contribution in [0, 0.1) is 0 Å². The third-order valence-corrected chi connectivity index (χ3v) is 5.04. The first-order chi connectivity index (χ1) is 12.2. The maximum Gasteiger partial charge on any atom is 0.511 e. The lowest BCUT2D eigenvalue weighted by atomic mass is 9.94. The van der Waals surface area contributed by atoms with Gasteiger partial charge < -0.3 is 10.1 Å². The standard InChI is InChI=1S/C16H20ClF3N2O4S/c1-5-14(23)21-15(3,4)12-8-11(6-7-13(12)17)26-9-10(2)22-27(24,25)16(18,19)20/h5-8,10,22H,1,9H2,2-4H3,(H,21,23)/t10-/m0/s1. The molecule has 1 amide bonds. The van der Waals surface area contributed by atoms with Crippen molar-refractivity contribution in [2.24, 2.45) is 0 Å². The number of rotatable bonds is 8. The summed E-state index contributed by atoms with van der Waals surface area (Å²) in [6.07, 6.45) is 1.10. The number of benzene rings is 1. The van der Waals surface area contributed by atoms with Gasteiger partial charge in [0.05, 0.1) is 11.6 Å². The van der Waals surface area contributed by atoms with Crippen LogP contribution in [-0.2, 0) is 20.4 Å². The van der Waals surface area contributed by atoms with Crippen molar-refractivity contribution in [2.75, 3.05) is 6.61 Å². The molecular formula is C16H20ClF3N2O4S. The average Bonchev–Trinajstić information content (AvgIpc) is 2.51. The summed E-state index contributed by atoms with van der Waals surface area (Å²) < 4.78 is 66.1. The van der Waals surface area contributed by atoms with Crippen LogP contribution in [0.15, 0.2) is 30.9 Å². The van der Waals surface area contributed by atoms with Gasteiger partial charge in [0.1, 0.15) is 12.4 Å². The Kier molecular flexibility index (Phi) is 7.31. The first-order valence-corrected chi connectivity index (χ1v) is 9.51. The van der Waals surface area contributed by atoms with Crippen molar-refractivity contribution < 1.29 is 31.1 Å². The molecule has 0 heterocycles. The fraction of sp³-hybridized carbons (Fsp3) is 0.438. The number of alkyl halides is 3. The summed E-state index contributed by atoms with van der Waals surface area (Å²) in [6.45, 7) is 7.63. The third kappa shape index (κ3) is 6.40. The van der Waals surface area contributed by atoms with Crippen LogP contribution in [0.25, 0.3) is 0 Å². The first kappa shape index (κ1) is 23.3. The highest BCUT2D eigenvalue weighted by atomic mass is 35.5. The lowest BCUT2D eigenvalue weighted by molar-refractivity contribution is -0.118. The number of hydrogen-bond acceptors (Lipinski definition) is 4. The van der Waals surface area contributed by atoms with Crippen molar-refractivity contribution in [3.05, 3.63) is 41.4 Å². The number of nitrogens with one attached hydrogen (secondary N) is 2. The highest BCUT2D eigenvalue weighted by Crippen LogP contribution is 2.31. The van der Waals surface area contributed by atoms with Gasteiger partial charge in [-0.05, 0) is 50.6 Å². The van der Waals surface area contributed by atoms with Gasteiger partial charge in [-0.25, -0.2) is 13.1 Å². The molecule has 0 spiro atoms. The molecule has 0 aliphatic carbocycles. The predicted octanol–water partition coefficient (Wildman–Crippen LogP) is 3.08. The minimum absolute atomic E-state index is 0.244. The van der Waals surface area contributed by atoms with Gasteiger partial charge in [-0.2, -0.15) is 13.2 Å². The molecule has 0 aliphatic rings. The van der Waals surface area contributed by atoms with Gasteiger partial charge in [0, 0.05) is 5.02 Å². The Hall–Kier alpha value is -1.78. The van der Waals surface area contributed by atoms with Crippen molar-refractivity contribution in [2.45, 2.75) is 37.9 Å². The van der Waals surface area contributed by atoms with Gasteiger partial charge in [0.15, 0.2) is 0 Å². The quantitative estimate of drug-likeness (QED) is 0.623. The zero-order valence-corrected chi connectivity index (χ0v) is 16.4. The molecule has 0 fully saturated rings. The van der Waals surface area contributed by atoms with Crippen molar-refractivity contribution in [1.82, 2.24) is 10.0 Å². The molecule has 152 valence electrons. The maximum absolute atomic E-state index is 12.4. The van der Waals surface area contributed by atoms with Gasteiger partial charge in [-0.1, -0.05) is 18.2 Å². The molecule has 1 aromatic carbocycles. The van der Waals surface area contributed by atoms with Gasteiger partial charge >= 0.3 is 15.5 Å². The van der Waals surface area contributed by atoms with Crippen molar-refractivity contribution in [3.8, 4) is 5.75 Å². The van der Waals surface area contributed by atoms with E-state index in [2.05, 4.69) is 11.9 Å². The Labute approximate surface area is 160 Å². The highest BCUT2D eigenvalue weighted by Gasteiger charge is 2.46. The molecule has 0 radical (unpaired) electrons. The number of hydrogen-bond donors (Lipinski definition) is 2. The van der Waals surface area contributed by atoms with Crippen LogP contribution in [0.4, 0.5) is 13.2 Å². The lowest BCUT2D eigenvalue weighted by Gasteiger charge is -2.28. The van der Waals surface area contributed by atoms with E-state index in [1.165, 1.54) is 29.8 Å². The summed E-state index contributed by atoms with van der Waals surface area (Å²) in [4.78, 5) is 11.6. The van der Waals surface area contributed by atoms with Gasteiger partial charge in [-0.3, -0.25) is 4.79 Å². The smallest absolute Gasteiger partial charge is 0.492 e. The van der Waals surface area contributed by atoms with E-state index in [-0.39, 0.29) is 12.4 Å². The zero-order chi connectivity index (χ0) is 21.0. The van der Waals surface area contributed by atoms with Crippen molar-refractivity contribution in [1.29, 1.82) is 0 Å². The van der Waals surface area contributed by atoms with Crippen LogP contribution >= 0.6 is 11.6 Å². The zero-order valence-electron chi connectivity index (χ0n) is 14.9. The van der Waals surface area contributed by atoms with Crippen LogP contribution in [0.2, 0.25) is 5.02 Å². The fourth-order valence-corrected chi connectivity index (χ4v) is 3.17. The molecule has 11 heteroatoms. The van der Waals surface area contributed by atoms with Crippen LogP contribution < -0.4 is 14.8 Å². The predicted molar refractivity (Wildman–Crippen MR) is 95.9 cm³/mol. The number of carbonyl (C=O) groups is 1. The molecule has 6 nitrogen and oxygen atoms in total. The Bertz CT molecular complexity index is 810. The van der Waals surface area contributed by atoms with E-state index in [4.69, 9.17) is 16.3 Å². The molecule has 27 heavy (non-hydrogen) atoms. The molecular weight excluding hydrogens is 409 g/mol. The molecule has 0 saturated heterocycles. The molecule has 1 rings (SSSR count). The summed E-state index contributed by atoms with van der Waals surface area (Å²) >= 11 is 6.16. The molecule has 0 aromatic heterocycles. The fourth-order valence-electron chi connectivity index (χ4n) is 2.09. The average molecular weight is 429 g/mol. The molecule has 1 atom stereocenters. The van der Waals surface area contributed by atoms with Crippen molar-refractivity contribution >= 4 is 27.5 Å². The second-order valence-corrected chi connectivity index (χ2v) is 8.35. The van der Waals surface area contributed by atoms with E-state index >= 15 is 0 Å². The number of carbonyl (C=O) groups excluding carboxylic acids is 1. The summed E-state index contributed by atoms with van der Waals surface area (Å²) in [6, 6.07) is 3.35. The Balaban J connectivity index is 2.89. The van der Waals surface area contributed by atoms with E-state index in [1.54, 1.807) is 13.8 Å². The largest absolute Gasteiger partial charge is 0.511 e. The number of halogens is 4. The molecule has 0 bridgehead atoms. The number of amides is 1. The van der Waals surface area contributed by atoms with E-state index in [9.17, 15) is 26.4 Å². The van der Waals surface area contributed by atoms with Crippen LogP contribution in [0.3, 0.4) is 0 Å². The minimum atomic E-state index is -5.46. The van der Waals surface area contributed by atoms with Crippen LogP contribution in [0.5, 0.6) is 5.75 Å². The van der Waals surface area contributed by atoms with E-state index in [0.717, 1.165) is 6.08 Å². The van der Waals surface area contributed by atoms with E-state index in [0.29, 0.717) is 10.6 Å². The first-order valence-electron chi connectivity index (χ1n) is 7.65. The molecule has 1 aromatic rings. The maximum atomic E-state index is 12.4. The van der Waals surface area contributed by atoms with Crippen LogP contribution in [0.1, 0.15) is 26.3 Å².